The number of fused-ring (bicyclic) bond motifs is 1. The van der Waals surface area contributed by atoms with Gasteiger partial charge in [0.2, 0.25) is 0 Å². The van der Waals surface area contributed by atoms with Crippen molar-refractivity contribution in [3.63, 3.8) is 0 Å². The molecule has 8 heteroatoms. The monoisotopic (exact) mass is 217 g/mol. The van der Waals surface area contributed by atoms with Gasteiger partial charge in [0.05, 0.1) is 5.52 Å². The number of rotatable bonds is 0. The lowest BCUT2D eigenvalue weighted by Gasteiger charge is -1.82. The molecule has 0 aliphatic heterocycles. The highest BCUT2D eigenvalue weighted by Crippen LogP contribution is 2.25. The van der Waals surface area contributed by atoms with Crippen molar-refractivity contribution in [2.24, 2.45) is 0 Å². The molecule has 7 nitrogen and oxygen atoms in total. The standard InChI is InChI=1S/C6H5N3.H3O4P/c1-2-4-6-5(3-1)7-9-8-6;1-5(2,3)4/h1-4H,(H,7,8,9);(H3,1,2,3,4). The van der Waals surface area contributed by atoms with E-state index in [-0.39, 0.29) is 0 Å². The number of nitrogens with one attached hydrogen (secondary N) is 1. The van der Waals surface area contributed by atoms with E-state index in [2.05, 4.69) is 15.4 Å². The molecular formula is C6H8N3O4P. The number of aromatic nitrogens is 3. The minimum Gasteiger partial charge on any atom is -0.303 e. The van der Waals surface area contributed by atoms with Crippen LogP contribution in [0.25, 0.3) is 11.0 Å². The minimum absolute atomic E-state index is 0.914. The molecule has 0 aliphatic rings. The summed E-state index contributed by atoms with van der Waals surface area (Å²) in [6.45, 7) is 0. The van der Waals surface area contributed by atoms with Crippen LogP contribution in [-0.2, 0) is 4.57 Å². The first kappa shape index (κ1) is 10.8. The van der Waals surface area contributed by atoms with Crippen LogP contribution in [0.15, 0.2) is 24.3 Å². The van der Waals surface area contributed by atoms with Crippen LogP contribution in [0.4, 0.5) is 0 Å². The van der Waals surface area contributed by atoms with E-state index in [0.29, 0.717) is 0 Å². The smallest absolute Gasteiger partial charge is 0.303 e. The summed E-state index contributed by atoms with van der Waals surface area (Å²) in [6, 6.07) is 7.74. The molecule has 4 N–H and O–H groups in total. The SMILES string of the molecule is O=P(O)(O)O.c1ccc2[nH]nnc2c1. The van der Waals surface area contributed by atoms with Gasteiger partial charge in [0.1, 0.15) is 5.52 Å². The molecule has 0 amide bonds. The molecule has 0 radical (unpaired) electrons. The van der Waals surface area contributed by atoms with Gasteiger partial charge in [0.15, 0.2) is 0 Å². The van der Waals surface area contributed by atoms with Gasteiger partial charge in [-0.3, -0.25) is 5.10 Å². The Morgan fingerprint density at radius 2 is 1.79 bits per heavy atom. The van der Waals surface area contributed by atoms with Crippen molar-refractivity contribution in [2.75, 3.05) is 0 Å². The van der Waals surface area contributed by atoms with Gasteiger partial charge in [-0.1, -0.05) is 17.3 Å². The highest BCUT2D eigenvalue weighted by molar-refractivity contribution is 7.45. The summed E-state index contributed by atoms with van der Waals surface area (Å²) in [7, 11) is -4.64. The lowest BCUT2D eigenvalue weighted by Crippen LogP contribution is -1.66. The van der Waals surface area contributed by atoms with Gasteiger partial charge in [-0.2, -0.15) is 0 Å². The molecular weight excluding hydrogens is 209 g/mol. The number of aromatic amines is 1. The number of benzene rings is 1. The second-order valence-electron chi connectivity index (χ2n) is 2.34. The maximum atomic E-state index is 8.88. The molecule has 1 aromatic heterocycles. The van der Waals surface area contributed by atoms with Crippen molar-refractivity contribution in [1.29, 1.82) is 0 Å². The Bertz CT molecular complexity index is 413. The zero-order valence-corrected chi connectivity index (χ0v) is 7.80. The van der Waals surface area contributed by atoms with Gasteiger partial charge < -0.3 is 14.7 Å². The minimum atomic E-state index is -4.64. The van der Waals surface area contributed by atoms with Crippen LogP contribution in [0.3, 0.4) is 0 Å². The van der Waals surface area contributed by atoms with E-state index in [1.54, 1.807) is 0 Å². The molecule has 0 aliphatic carbocycles. The normalized spacial score (nSPS) is 10.8. The fourth-order valence-corrected chi connectivity index (χ4v) is 0.788. The molecule has 2 aromatic rings. The number of hydrogen-bond donors (Lipinski definition) is 4. The molecule has 0 fully saturated rings. The van der Waals surface area contributed by atoms with Crippen LogP contribution in [0.5, 0.6) is 0 Å². The molecule has 2 rings (SSSR count). The zero-order chi connectivity index (χ0) is 10.6. The molecule has 1 aromatic carbocycles. The summed E-state index contributed by atoms with van der Waals surface area (Å²) in [5.41, 5.74) is 1.90. The van der Waals surface area contributed by atoms with E-state index in [9.17, 15) is 0 Å². The lowest BCUT2D eigenvalue weighted by molar-refractivity contribution is 0.275. The Hall–Kier alpha value is -1.27. The number of phosphoric acid groups is 1. The Morgan fingerprint density at radius 3 is 2.36 bits per heavy atom. The third kappa shape index (κ3) is 4.11. The molecule has 1 heterocycles. The third-order valence-electron chi connectivity index (χ3n) is 1.23. The summed E-state index contributed by atoms with van der Waals surface area (Å²) in [5, 5.41) is 10.2. The first-order valence-electron chi connectivity index (χ1n) is 3.51. The summed E-state index contributed by atoms with van der Waals surface area (Å²) in [6.07, 6.45) is 0. The van der Waals surface area contributed by atoms with Crippen molar-refractivity contribution in [1.82, 2.24) is 15.4 Å². The van der Waals surface area contributed by atoms with Crippen molar-refractivity contribution >= 4 is 18.9 Å². The molecule has 14 heavy (non-hydrogen) atoms. The fraction of sp³-hybridized carbons (Fsp3) is 0. The summed E-state index contributed by atoms with van der Waals surface area (Å²) in [5.74, 6) is 0. The molecule has 76 valence electrons. The Balaban J connectivity index is 0.000000171. The van der Waals surface area contributed by atoms with E-state index in [1.165, 1.54) is 0 Å². The summed E-state index contributed by atoms with van der Waals surface area (Å²) < 4.78 is 8.88. The predicted molar refractivity (Wildman–Crippen MR) is 48.2 cm³/mol. The van der Waals surface area contributed by atoms with Crippen LogP contribution in [0.2, 0.25) is 0 Å². The molecule has 0 atom stereocenters. The molecule has 0 saturated carbocycles. The largest absolute Gasteiger partial charge is 0.466 e. The van der Waals surface area contributed by atoms with Crippen molar-refractivity contribution in [3.8, 4) is 0 Å². The van der Waals surface area contributed by atoms with Crippen LogP contribution in [-0.4, -0.2) is 30.1 Å². The Kier molecular flexibility index (Phi) is 3.32. The topological polar surface area (TPSA) is 119 Å². The Morgan fingerprint density at radius 1 is 1.21 bits per heavy atom. The van der Waals surface area contributed by atoms with Gasteiger partial charge in [-0.05, 0) is 12.1 Å². The lowest BCUT2D eigenvalue weighted by atomic mass is 10.3. The van der Waals surface area contributed by atoms with Crippen molar-refractivity contribution in [3.05, 3.63) is 24.3 Å². The average Bonchev–Trinajstić information content (AvgIpc) is 2.47. The van der Waals surface area contributed by atoms with Gasteiger partial charge in [-0.15, -0.1) is 5.10 Å². The second-order valence-corrected chi connectivity index (χ2v) is 3.37. The van der Waals surface area contributed by atoms with Gasteiger partial charge >= 0.3 is 7.82 Å². The van der Waals surface area contributed by atoms with E-state index < -0.39 is 7.82 Å². The van der Waals surface area contributed by atoms with Crippen molar-refractivity contribution in [2.45, 2.75) is 0 Å². The van der Waals surface area contributed by atoms with Gasteiger partial charge in [0.25, 0.3) is 0 Å². The first-order chi connectivity index (χ1) is 6.47. The molecule has 0 saturated heterocycles. The van der Waals surface area contributed by atoms with Crippen LogP contribution in [0.1, 0.15) is 0 Å². The van der Waals surface area contributed by atoms with Gasteiger partial charge in [-0.25, -0.2) is 4.57 Å². The number of H-pyrrole nitrogens is 1. The van der Waals surface area contributed by atoms with Crippen LogP contribution < -0.4 is 0 Å². The quantitative estimate of drug-likeness (QED) is 0.462. The van der Waals surface area contributed by atoms with E-state index in [1.807, 2.05) is 24.3 Å². The maximum Gasteiger partial charge on any atom is 0.466 e. The van der Waals surface area contributed by atoms with Gasteiger partial charge in [0, 0.05) is 0 Å². The maximum absolute atomic E-state index is 8.88. The van der Waals surface area contributed by atoms with Crippen LogP contribution in [0, 0.1) is 0 Å². The molecule has 0 bridgehead atoms. The van der Waals surface area contributed by atoms with E-state index >= 15 is 0 Å². The summed E-state index contributed by atoms with van der Waals surface area (Å²) in [4.78, 5) is 21.6. The number of nitrogens with zero attached hydrogens (tertiary/aromatic N) is 2. The summed E-state index contributed by atoms with van der Waals surface area (Å²) >= 11 is 0. The van der Waals surface area contributed by atoms with Crippen LogP contribution >= 0.6 is 7.82 Å². The average molecular weight is 217 g/mol. The molecule has 0 unspecified atom stereocenters. The second kappa shape index (κ2) is 4.30. The van der Waals surface area contributed by atoms with Crippen molar-refractivity contribution < 1.29 is 19.2 Å². The number of hydrogen-bond acceptors (Lipinski definition) is 3. The third-order valence-corrected chi connectivity index (χ3v) is 1.23. The fourth-order valence-electron chi connectivity index (χ4n) is 0.788. The Labute approximate surface area is 78.6 Å². The number of para-hydroxylation sites is 1. The predicted octanol–water partition coefficient (Wildman–Crippen LogP) is 0.0293. The first-order valence-corrected chi connectivity index (χ1v) is 5.07. The zero-order valence-electron chi connectivity index (χ0n) is 6.90. The molecule has 0 spiro atoms. The van der Waals surface area contributed by atoms with E-state index in [4.69, 9.17) is 19.2 Å². The highest BCUT2D eigenvalue weighted by Gasteiger charge is 2.00. The van der Waals surface area contributed by atoms with E-state index in [0.717, 1.165) is 11.0 Å². The highest BCUT2D eigenvalue weighted by atomic mass is 31.2.